The lowest BCUT2D eigenvalue weighted by Crippen LogP contribution is -2.46. The summed E-state index contributed by atoms with van der Waals surface area (Å²) in [6.07, 6.45) is 2.67. The zero-order valence-electron chi connectivity index (χ0n) is 18.5. The van der Waals surface area contributed by atoms with Crippen LogP contribution in [-0.4, -0.2) is 57.7 Å². The predicted octanol–water partition coefficient (Wildman–Crippen LogP) is 2.86. The van der Waals surface area contributed by atoms with Gasteiger partial charge in [0.2, 0.25) is 15.9 Å². The van der Waals surface area contributed by atoms with Crippen molar-refractivity contribution in [2.45, 2.75) is 25.7 Å². The second-order valence-corrected chi connectivity index (χ2v) is 9.98. The van der Waals surface area contributed by atoms with Crippen molar-refractivity contribution < 1.29 is 22.7 Å². The van der Waals surface area contributed by atoms with Gasteiger partial charge in [0, 0.05) is 13.1 Å². The summed E-state index contributed by atoms with van der Waals surface area (Å²) in [6, 6.07) is 17.2. The molecule has 3 rings (SSSR count). The van der Waals surface area contributed by atoms with Gasteiger partial charge in [0.25, 0.3) is 0 Å². The minimum Gasteiger partial charge on any atom is -0.493 e. The first-order valence-corrected chi connectivity index (χ1v) is 12.7. The third-order valence-corrected chi connectivity index (χ3v) is 7.51. The maximum absolute atomic E-state index is 12.8. The van der Waals surface area contributed by atoms with Crippen molar-refractivity contribution in [3.8, 4) is 11.5 Å². The lowest BCUT2D eigenvalue weighted by Gasteiger charge is -2.31. The molecule has 2 aromatic carbocycles. The molecule has 0 unspecified atom stereocenters. The number of piperidine rings is 1. The number of amides is 1. The first-order valence-electron chi connectivity index (χ1n) is 11.0. The van der Waals surface area contributed by atoms with Gasteiger partial charge in [0.15, 0.2) is 11.5 Å². The molecule has 0 spiro atoms. The number of hydrogen-bond acceptors (Lipinski definition) is 5. The van der Waals surface area contributed by atoms with Crippen molar-refractivity contribution in [1.29, 1.82) is 0 Å². The van der Waals surface area contributed by atoms with Gasteiger partial charge in [-0.3, -0.25) is 4.79 Å². The van der Waals surface area contributed by atoms with E-state index in [2.05, 4.69) is 5.32 Å². The highest BCUT2D eigenvalue weighted by atomic mass is 32.2. The highest BCUT2D eigenvalue weighted by Crippen LogP contribution is 2.25. The summed E-state index contributed by atoms with van der Waals surface area (Å²) in [5.41, 5.74) is 1.13. The van der Waals surface area contributed by atoms with E-state index in [1.165, 1.54) is 4.31 Å². The fourth-order valence-corrected chi connectivity index (χ4v) is 5.44. The van der Waals surface area contributed by atoms with E-state index in [-0.39, 0.29) is 24.1 Å². The number of sulfonamides is 1. The van der Waals surface area contributed by atoms with Crippen LogP contribution in [0.3, 0.4) is 0 Å². The average molecular weight is 461 g/mol. The van der Waals surface area contributed by atoms with Crippen molar-refractivity contribution in [3.63, 3.8) is 0 Å². The van der Waals surface area contributed by atoms with Crippen molar-refractivity contribution in [1.82, 2.24) is 9.62 Å². The molecule has 1 atom stereocenters. The molecule has 7 nitrogen and oxygen atoms in total. The number of aryl methyl sites for hydroxylation is 1. The second-order valence-electron chi connectivity index (χ2n) is 7.89. The van der Waals surface area contributed by atoms with Crippen LogP contribution in [0.15, 0.2) is 54.6 Å². The van der Waals surface area contributed by atoms with E-state index in [0.717, 1.165) is 12.0 Å². The molecule has 0 aromatic heterocycles. The number of carbonyl (C=O) groups is 1. The van der Waals surface area contributed by atoms with E-state index in [4.69, 9.17) is 9.47 Å². The van der Waals surface area contributed by atoms with E-state index in [1.54, 1.807) is 7.11 Å². The summed E-state index contributed by atoms with van der Waals surface area (Å²) in [5, 5.41) is 2.87. The van der Waals surface area contributed by atoms with Crippen LogP contribution in [0.2, 0.25) is 0 Å². The number of hydrogen-bond donors (Lipinski definition) is 1. The Morgan fingerprint density at radius 1 is 1.09 bits per heavy atom. The van der Waals surface area contributed by atoms with Crippen molar-refractivity contribution in [2.24, 2.45) is 5.92 Å². The Morgan fingerprint density at radius 2 is 1.81 bits per heavy atom. The van der Waals surface area contributed by atoms with Crippen LogP contribution in [0.25, 0.3) is 0 Å². The normalized spacial score (nSPS) is 17.0. The Kier molecular flexibility index (Phi) is 8.93. The minimum absolute atomic E-state index is 0.100. The third-order valence-electron chi connectivity index (χ3n) is 5.59. The third kappa shape index (κ3) is 6.97. The summed E-state index contributed by atoms with van der Waals surface area (Å²) in [7, 11) is -1.80. The Morgan fingerprint density at radius 3 is 2.56 bits per heavy atom. The molecule has 0 bridgehead atoms. The number of nitrogens with zero attached hydrogens (tertiary/aromatic N) is 1. The molecular formula is C24H32N2O5S. The molecule has 1 N–H and O–H groups in total. The highest BCUT2D eigenvalue weighted by molar-refractivity contribution is 7.89. The summed E-state index contributed by atoms with van der Waals surface area (Å²) >= 11 is 0. The first kappa shape index (κ1) is 24.1. The summed E-state index contributed by atoms with van der Waals surface area (Å²) in [6.45, 7) is 1.37. The molecule has 2 aromatic rings. The van der Waals surface area contributed by atoms with E-state index < -0.39 is 10.0 Å². The summed E-state index contributed by atoms with van der Waals surface area (Å²) in [4.78, 5) is 12.6. The topological polar surface area (TPSA) is 84.9 Å². The molecule has 1 amide bonds. The molecule has 1 fully saturated rings. The van der Waals surface area contributed by atoms with Crippen LogP contribution in [-0.2, 0) is 21.2 Å². The molecule has 0 aliphatic carbocycles. The number of nitrogens with one attached hydrogen (secondary N) is 1. The summed E-state index contributed by atoms with van der Waals surface area (Å²) in [5.74, 6) is 0.897. The fourth-order valence-electron chi connectivity index (χ4n) is 3.86. The van der Waals surface area contributed by atoms with Crippen LogP contribution in [0.5, 0.6) is 11.5 Å². The molecule has 32 heavy (non-hydrogen) atoms. The summed E-state index contributed by atoms with van der Waals surface area (Å²) < 4.78 is 38.0. The molecule has 0 radical (unpaired) electrons. The van der Waals surface area contributed by atoms with Gasteiger partial charge in [-0.1, -0.05) is 42.5 Å². The minimum atomic E-state index is -3.37. The fraction of sp³-hybridized carbons (Fsp3) is 0.458. The molecule has 8 heteroatoms. The van der Waals surface area contributed by atoms with Crippen LogP contribution in [0.4, 0.5) is 0 Å². The average Bonchev–Trinajstić information content (AvgIpc) is 2.82. The van der Waals surface area contributed by atoms with E-state index >= 15 is 0 Å². The van der Waals surface area contributed by atoms with Crippen molar-refractivity contribution >= 4 is 15.9 Å². The smallest absolute Gasteiger partial charge is 0.224 e. The van der Waals surface area contributed by atoms with Crippen molar-refractivity contribution in [2.75, 3.05) is 39.1 Å². The van der Waals surface area contributed by atoms with Crippen LogP contribution >= 0.6 is 0 Å². The van der Waals surface area contributed by atoms with Crippen LogP contribution in [0, 0.1) is 5.92 Å². The second kappa shape index (κ2) is 11.9. The predicted molar refractivity (Wildman–Crippen MR) is 124 cm³/mol. The van der Waals surface area contributed by atoms with Crippen LogP contribution in [0.1, 0.15) is 24.8 Å². The number of para-hydroxylation sites is 2. The molecule has 1 heterocycles. The Hall–Kier alpha value is -2.58. The quantitative estimate of drug-likeness (QED) is 0.521. The molecule has 0 saturated carbocycles. The van der Waals surface area contributed by atoms with E-state index in [1.807, 2.05) is 54.6 Å². The van der Waals surface area contributed by atoms with Gasteiger partial charge in [0.05, 0.1) is 25.3 Å². The molecule has 1 aliphatic heterocycles. The Labute approximate surface area is 190 Å². The lowest BCUT2D eigenvalue weighted by molar-refractivity contribution is -0.126. The number of rotatable bonds is 11. The number of carbonyl (C=O) groups excluding carboxylic acids is 1. The monoisotopic (exact) mass is 460 g/mol. The maximum Gasteiger partial charge on any atom is 0.224 e. The van der Waals surface area contributed by atoms with Gasteiger partial charge in [-0.15, -0.1) is 0 Å². The van der Waals surface area contributed by atoms with Crippen molar-refractivity contribution in [3.05, 3.63) is 60.2 Å². The largest absolute Gasteiger partial charge is 0.493 e. The van der Waals surface area contributed by atoms with E-state index in [9.17, 15) is 13.2 Å². The molecule has 174 valence electrons. The first-order chi connectivity index (χ1) is 15.5. The van der Waals surface area contributed by atoms with Gasteiger partial charge in [0.1, 0.15) is 6.61 Å². The maximum atomic E-state index is 12.8. The highest BCUT2D eigenvalue weighted by Gasteiger charge is 2.31. The molecule has 1 saturated heterocycles. The van der Waals surface area contributed by atoms with Gasteiger partial charge in [-0.05, 0) is 43.4 Å². The zero-order valence-corrected chi connectivity index (χ0v) is 19.4. The number of ether oxygens (including phenoxy) is 2. The van der Waals surface area contributed by atoms with Crippen LogP contribution < -0.4 is 14.8 Å². The molecular weight excluding hydrogens is 428 g/mol. The zero-order chi connectivity index (χ0) is 22.8. The van der Waals surface area contributed by atoms with Gasteiger partial charge < -0.3 is 14.8 Å². The van der Waals surface area contributed by atoms with E-state index in [0.29, 0.717) is 50.5 Å². The van der Waals surface area contributed by atoms with Gasteiger partial charge in [-0.25, -0.2) is 12.7 Å². The standard InChI is InChI=1S/C24H32N2O5S/c1-30-22-13-5-6-14-23(22)31-17-15-25-24(27)21-12-7-16-26(19-21)32(28,29)18-8-11-20-9-3-2-4-10-20/h2-6,9-10,13-14,21H,7-8,11-12,15-19H2,1H3,(H,25,27)/t21-/m1/s1. The number of benzene rings is 2. The Balaban J connectivity index is 1.42. The SMILES string of the molecule is COc1ccccc1OCCNC(=O)[C@@H]1CCCN(S(=O)(=O)CCCc2ccccc2)C1. The van der Waals surface area contributed by atoms with Gasteiger partial charge >= 0.3 is 0 Å². The van der Waals surface area contributed by atoms with Gasteiger partial charge in [-0.2, -0.15) is 0 Å². The lowest BCUT2D eigenvalue weighted by atomic mass is 9.99. The number of methoxy groups -OCH3 is 1. The Bertz CT molecular complexity index is 965. The molecule has 1 aliphatic rings.